The molecule has 0 aliphatic rings. The molecule has 0 fully saturated rings. The van der Waals surface area contributed by atoms with E-state index in [1.165, 1.54) is 13.8 Å². The Morgan fingerprint density at radius 3 is 2.67 bits per heavy atom. The molecule has 1 heterocycles. The first-order valence-electron chi connectivity index (χ1n) is 3.36. The third-order valence-corrected chi connectivity index (χ3v) is 1.40. The summed E-state index contributed by atoms with van der Waals surface area (Å²) in [6.07, 6.45) is 1.04. The van der Waals surface area contributed by atoms with E-state index in [1.807, 2.05) is 0 Å². The minimum atomic E-state index is -1.71. The van der Waals surface area contributed by atoms with Gasteiger partial charge in [0.15, 0.2) is 5.67 Å². The fourth-order valence-electron chi connectivity index (χ4n) is 0.840. The van der Waals surface area contributed by atoms with E-state index < -0.39 is 11.6 Å². The first kappa shape index (κ1) is 8.70. The summed E-state index contributed by atoms with van der Waals surface area (Å²) in [5.41, 5.74) is 3.17. The minimum Gasteiger partial charge on any atom is -0.365 e. The largest absolute Gasteiger partial charge is 0.365 e. The van der Waals surface area contributed by atoms with E-state index in [1.54, 1.807) is 0 Å². The second-order valence-corrected chi connectivity index (χ2v) is 2.91. The maximum Gasteiger partial charge on any atom is 0.254 e. The van der Waals surface area contributed by atoms with Crippen molar-refractivity contribution in [2.24, 2.45) is 5.73 Å². The van der Waals surface area contributed by atoms with Gasteiger partial charge in [0.2, 0.25) is 0 Å². The molecule has 0 atom stereocenters. The SMILES string of the molecule is CC(C)(F)c1nocc1C(N)=O. The summed E-state index contributed by atoms with van der Waals surface area (Å²) in [5, 5.41) is 3.36. The summed E-state index contributed by atoms with van der Waals surface area (Å²) in [5.74, 6) is -0.739. The average molecular weight is 172 g/mol. The van der Waals surface area contributed by atoms with E-state index in [9.17, 15) is 9.18 Å². The van der Waals surface area contributed by atoms with E-state index in [2.05, 4.69) is 9.68 Å². The molecule has 2 N–H and O–H groups in total. The van der Waals surface area contributed by atoms with Gasteiger partial charge in [-0.25, -0.2) is 4.39 Å². The smallest absolute Gasteiger partial charge is 0.254 e. The van der Waals surface area contributed by atoms with Gasteiger partial charge in [-0.1, -0.05) is 5.16 Å². The molecule has 0 aliphatic carbocycles. The number of primary amides is 1. The molecule has 0 radical (unpaired) electrons. The molecule has 5 heteroatoms. The monoisotopic (exact) mass is 172 g/mol. The van der Waals surface area contributed by atoms with Crippen LogP contribution in [0.25, 0.3) is 0 Å². The van der Waals surface area contributed by atoms with Crippen molar-refractivity contribution in [2.75, 3.05) is 0 Å². The fourth-order valence-corrected chi connectivity index (χ4v) is 0.840. The number of nitrogens with two attached hydrogens (primary N) is 1. The molecular formula is C7H9FN2O2. The molecule has 0 aromatic carbocycles. The van der Waals surface area contributed by atoms with Crippen molar-refractivity contribution in [3.63, 3.8) is 0 Å². The summed E-state index contributed by atoms with van der Waals surface area (Å²) < 4.78 is 17.7. The predicted molar refractivity (Wildman–Crippen MR) is 39.2 cm³/mol. The zero-order valence-corrected chi connectivity index (χ0v) is 6.80. The Kier molecular flexibility index (Phi) is 1.87. The van der Waals surface area contributed by atoms with Crippen LogP contribution in [0.15, 0.2) is 10.8 Å². The van der Waals surface area contributed by atoms with Crippen LogP contribution in [0.1, 0.15) is 29.9 Å². The lowest BCUT2D eigenvalue weighted by Crippen LogP contribution is -2.19. The summed E-state index contributed by atoms with van der Waals surface area (Å²) in [6.45, 7) is 2.55. The van der Waals surface area contributed by atoms with Gasteiger partial charge < -0.3 is 10.3 Å². The number of hydrogen-bond acceptors (Lipinski definition) is 3. The van der Waals surface area contributed by atoms with E-state index in [4.69, 9.17) is 5.73 Å². The lowest BCUT2D eigenvalue weighted by molar-refractivity contribution is 0.0993. The molecule has 4 nitrogen and oxygen atoms in total. The molecule has 1 aromatic rings. The van der Waals surface area contributed by atoms with Crippen molar-refractivity contribution in [3.8, 4) is 0 Å². The molecule has 0 aliphatic heterocycles. The summed E-state index contributed by atoms with van der Waals surface area (Å²) in [7, 11) is 0. The maximum absolute atomic E-state index is 13.2. The first-order chi connectivity index (χ1) is 5.43. The number of halogens is 1. The molecule has 0 unspecified atom stereocenters. The first-order valence-corrected chi connectivity index (χ1v) is 3.36. The van der Waals surface area contributed by atoms with Crippen molar-refractivity contribution in [1.82, 2.24) is 5.16 Å². The molecule has 1 amide bonds. The standard InChI is InChI=1S/C7H9FN2O2/c1-7(2,8)5-4(6(9)11)3-12-10-5/h3H,1-2H3,(H2,9,11). The number of amides is 1. The average Bonchev–Trinajstić information content (AvgIpc) is 2.30. The van der Waals surface area contributed by atoms with E-state index in [-0.39, 0.29) is 11.3 Å². The van der Waals surface area contributed by atoms with Gasteiger partial charge in [0, 0.05) is 0 Å². The van der Waals surface area contributed by atoms with Gasteiger partial charge in [0.1, 0.15) is 17.5 Å². The van der Waals surface area contributed by atoms with Gasteiger partial charge in [-0.05, 0) is 13.8 Å². The molecule has 1 rings (SSSR count). The Balaban J connectivity index is 3.17. The van der Waals surface area contributed by atoms with E-state index in [0.29, 0.717) is 0 Å². The number of aromatic nitrogens is 1. The van der Waals surface area contributed by atoms with Crippen LogP contribution in [0.2, 0.25) is 0 Å². The number of rotatable bonds is 2. The fraction of sp³-hybridized carbons (Fsp3) is 0.429. The van der Waals surface area contributed by atoms with Crippen LogP contribution in [0.4, 0.5) is 4.39 Å². The number of carbonyl (C=O) groups is 1. The molecular weight excluding hydrogens is 163 g/mol. The third kappa shape index (κ3) is 1.44. The lowest BCUT2D eigenvalue weighted by atomic mass is 10.0. The normalized spacial score (nSPS) is 11.6. The molecule has 66 valence electrons. The Morgan fingerprint density at radius 2 is 2.33 bits per heavy atom. The lowest BCUT2D eigenvalue weighted by Gasteiger charge is -2.10. The highest BCUT2D eigenvalue weighted by Gasteiger charge is 2.28. The van der Waals surface area contributed by atoms with Gasteiger partial charge >= 0.3 is 0 Å². The number of hydrogen-bond donors (Lipinski definition) is 1. The Labute approximate surface area is 68.5 Å². The Morgan fingerprint density at radius 1 is 1.75 bits per heavy atom. The Hall–Kier alpha value is -1.39. The molecule has 0 bridgehead atoms. The van der Waals surface area contributed by atoms with Crippen molar-refractivity contribution in [1.29, 1.82) is 0 Å². The summed E-state index contributed by atoms with van der Waals surface area (Å²) in [6, 6.07) is 0. The third-order valence-electron chi connectivity index (χ3n) is 1.40. The number of alkyl halides is 1. The maximum atomic E-state index is 13.2. The topological polar surface area (TPSA) is 69.1 Å². The predicted octanol–water partition coefficient (Wildman–Crippen LogP) is 0.978. The Bertz CT molecular complexity index is 301. The van der Waals surface area contributed by atoms with E-state index in [0.717, 1.165) is 6.26 Å². The van der Waals surface area contributed by atoms with Crippen LogP contribution in [0, 0.1) is 0 Å². The van der Waals surface area contributed by atoms with Crippen LogP contribution < -0.4 is 5.73 Å². The highest BCUT2D eigenvalue weighted by molar-refractivity contribution is 5.93. The van der Waals surface area contributed by atoms with Crippen LogP contribution in [0.3, 0.4) is 0 Å². The van der Waals surface area contributed by atoms with Crippen LogP contribution in [0.5, 0.6) is 0 Å². The van der Waals surface area contributed by atoms with Crippen molar-refractivity contribution < 1.29 is 13.7 Å². The van der Waals surface area contributed by atoms with Gasteiger partial charge in [0.25, 0.3) is 5.91 Å². The second kappa shape index (κ2) is 2.58. The quantitative estimate of drug-likeness (QED) is 0.722. The number of nitrogens with zero attached hydrogens (tertiary/aromatic N) is 1. The molecule has 0 saturated carbocycles. The summed E-state index contributed by atoms with van der Waals surface area (Å²) in [4.78, 5) is 10.7. The highest BCUT2D eigenvalue weighted by atomic mass is 19.1. The number of carbonyl (C=O) groups excluding carboxylic acids is 1. The molecule has 12 heavy (non-hydrogen) atoms. The molecule has 0 spiro atoms. The van der Waals surface area contributed by atoms with Gasteiger partial charge in [-0.15, -0.1) is 0 Å². The van der Waals surface area contributed by atoms with Crippen molar-refractivity contribution >= 4 is 5.91 Å². The van der Waals surface area contributed by atoms with Gasteiger partial charge in [-0.3, -0.25) is 4.79 Å². The second-order valence-electron chi connectivity index (χ2n) is 2.91. The van der Waals surface area contributed by atoms with Gasteiger partial charge in [-0.2, -0.15) is 0 Å². The van der Waals surface area contributed by atoms with Crippen LogP contribution in [-0.2, 0) is 5.67 Å². The zero-order valence-electron chi connectivity index (χ0n) is 6.80. The van der Waals surface area contributed by atoms with Crippen molar-refractivity contribution in [3.05, 3.63) is 17.5 Å². The molecule has 0 saturated heterocycles. The van der Waals surface area contributed by atoms with Gasteiger partial charge in [0.05, 0.1) is 0 Å². The highest BCUT2D eigenvalue weighted by Crippen LogP contribution is 2.25. The zero-order chi connectivity index (χ0) is 9.35. The molecule has 1 aromatic heterocycles. The van der Waals surface area contributed by atoms with Crippen LogP contribution in [-0.4, -0.2) is 11.1 Å². The van der Waals surface area contributed by atoms with E-state index >= 15 is 0 Å². The minimum absolute atomic E-state index is 0.0116. The summed E-state index contributed by atoms with van der Waals surface area (Å²) >= 11 is 0. The van der Waals surface area contributed by atoms with Crippen LogP contribution >= 0.6 is 0 Å². The van der Waals surface area contributed by atoms with Crippen molar-refractivity contribution in [2.45, 2.75) is 19.5 Å².